The number of benzene rings is 2. The van der Waals surface area contributed by atoms with E-state index in [1.807, 2.05) is 30.3 Å². The first kappa shape index (κ1) is 18.7. The minimum absolute atomic E-state index is 0. The van der Waals surface area contributed by atoms with Gasteiger partial charge < -0.3 is 17.7 Å². The monoisotopic (exact) mass is 322 g/mol. The van der Waals surface area contributed by atoms with Crippen molar-refractivity contribution in [3.63, 3.8) is 0 Å². The molecular formula is C14H12BF4KO. The Bertz CT molecular complexity index is 575. The zero-order valence-electron chi connectivity index (χ0n) is 11.5. The summed E-state index contributed by atoms with van der Waals surface area (Å²) in [5.74, 6) is -1.25. The van der Waals surface area contributed by atoms with Crippen LogP contribution in [-0.4, -0.2) is 13.6 Å². The van der Waals surface area contributed by atoms with Crippen molar-refractivity contribution in [2.45, 2.75) is 6.42 Å². The van der Waals surface area contributed by atoms with Gasteiger partial charge in [-0.3, -0.25) is 0 Å². The molecule has 2 aromatic carbocycles. The van der Waals surface area contributed by atoms with E-state index in [9.17, 15) is 17.3 Å². The molecule has 0 heterocycles. The predicted octanol–water partition coefficient (Wildman–Crippen LogP) is 0.506. The molecule has 0 aliphatic heterocycles. The van der Waals surface area contributed by atoms with Crippen molar-refractivity contribution in [2.24, 2.45) is 0 Å². The van der Waals surface area contributed by atoms with Gasteiger partial charge in [-0.05, 0) is 23.8 Å². The predicted molar refractivity (Wildman–Crippen MR) is 70.8 cm³/mol. The second-order valence-electron chi connectivity index (χ2n) is 4.34. The fourth-order valence-corrected chi connectivity index (χ4v) is 1.83. The van der Waals surface area contributed by atoms with Crippen LogP contribution in [0.25, 0.3) is 0 Å². The van der Waals surface area contributed by atoms with E-state index in [0.29, 0.717) is 12.5 Å². The fraction of sp³-hybridized carbons (Fsp3) is 0.143. The van der Waals surface area contributed by atoms with E-state index in [1.54, 1.807) is 0 Å². The Balaban J connectivity index is 0.00000220. The van der Waals surface area contributed by atoms with Gasteiger partial charge in [-0.25, -0.2) is 4.39 Å². The Morgan fingerprint density at radius 3 is 2.24 bits per heavy atom. The largest absolute Gasteiger partial charge is 1.00 e. The van der Waals surface area contributed by atoms with Crippen LogP contribution in [0.4, 0.5) is 17.3 Å². The first-order valence-electron chi connectivity index (χ1n) is 6.13. The molecular weight excluding hydrogens is 310 g/mol. The molecule has 0 spiro atoms. The molecule has 0 radical (unpaired) electrons. The van der Waals surface area contributed by atoms with Crippen molar-refractivity contribution in [3.05, 3.63) is 59.9 Å². The van der Waals surface area contributed by atoms with Crippen molar-refractivity contribution in [1.82, 2.24) is 0 Å². The molecule has 0 fully saturated rings. The molecule has 106 valence electrons. The average Bonchev–Trinajstić information content (AvgIpc) is 2.40. The minimum atomic E-state index is -5.30. The van der Waals surface area contributed by atoms with E-state index < -0.39 is 18.3 Å². The van der Waals surface area contributed by atoms with E-state index in [4.69, 9.17) is 4.74 Å². The van der Waals surface area contributed by atoms with Crippen LogP contribution in [0.2, 0.25) is 0 Å². The maximum Gasteiger partial charge on any atom is 1.00 e. The molecule has 0 aliphatic carbocycles. The maximum absolute atomic E-state index is 12.9. The van der Waals surface area contributed by atoms with Crippen LogP contribution >= 0.6 is 0 Å². The van der Waals surface area contributed by atoms with E-state index in [-0.39, 0.29) is 63.7 Å². The molecule has 0 aliphatic rings. The zero-order valence-corrected chi connectivity index (χ0v) is 14.7. The van der Waals surface area contributed by atoms with E-state index in [2.05, 4.69) is 0 Å². The second kappa shape index (κ2) is 8.33. The summed E-state index contributed by atoms with van der Waals surface area (Å²) in [6.07, 6.45) is 0.489. The Morgan fingerprint density at radius 1 is 0.952 bits per heavy atom. The maximum atomic E-state index is 12.9. The molecule has 0 saturated heterocycles. The van der Waals surface area contributed by atoms with Gasteiger partial charge in [0.25, 0.3) is 0 Å². The summed E-state index contributed by atoms with van der Waals surface area (Å²) in [4.78, 5) is 0. The number of halogens is 4. The van der Waals surface area contributed by atoms with Gasteiger partial charge in [0.05, 0.1) is 12.4 Å². The first-order chi connectivity index (χ1) is 9.47. The van der Waals surface area contributed by atoms with E-state index in [0.717, 1.165) is 17.7 Å². The summed E-state index contributed by atoms with van der Waals surface area (Å²) in [6, 6.07) is 11.7. The van der Waals surface area contributed by atoms with Gasteiger partial charge in [0.15, 0.2) is 0 Å². The van der Waals surface area contributed by atoms with Gasteiger partial charge in [-0.1, -0.05) is 35.8 Å². The Hall–Kier alpha value is -0.339. The Morgan fingerprint density at radius 2 is 1.62 bits per heavy atom. The topological polar surface area (TPSA) is 9.23 Å². The van der Waals surface area contributed by atoms with Crippen molar-refractivity contribution in [1.29, 1.82) is 0 Å². The van der Waals surface area contributed by atoms with Crippen LogP contribution in [0, 0.1) is 5.82 Å². The van der Waals surface area contributed by atoms with Crippen LogP contribution in [0.1, 0.15) is 5.56 Å². The molecule has 0 amide bonds. The molecule has 21 heavy (non-hydrogen) atoms. The summed E-state index contributed by atoms with van der Waals surface area (Å²) in [5, 5.41) is 0. The van der Waals surface area contributed by atoms with Crippen LogP contribution in [0.5, 0.6) is 5.75 Å². The van der Waals surface area contributed by atoms with Gasteiger partial charge in [0.2, 0.25) is 0 Å². The van der Waals surface area contributed by atoms with Crippen LogP contribution in [0.15, 0.2) is 48.5 Å². The van der Waals surface area contributed by atoms with Crippen LogP contribution in [-0.2, 0) is 6.42 Å². The van der Waals surface area contributed by atoms with Crippen LogP contribution in [0.3, 0.4) is 0 Å². The van der Waals surface area contributed by atoms with Crippen LogP contribution < -0.4 is 61.6 Å². The fourth-order valence-electron chi connectivity index (χ4n) is 1.83. The molecule has 0 N–H and O–H groups in total. The third-order valence-electron chi connectivity index (χ3n) is 2.82. The number of rotatable bonds is 5. The van der Waals surface area contributed by atoms with Gasteiger partial charge in [0, 0.05) is 6.42 Å². The third-order valence-corrected chi connectivity index (χ3v) is 2.82. The molecule has 0 atom stereocenters. The van der Waals surface area contributed by atoms with Crippen molar-refractivity contribution in [3.8, 4) is 5.75 Å². The minimum Gasteiger partial charge on any atom is -0.496 e. The second-order valence-corrected chi connectivity index (χ2v) is 4.34. The quantitative estimate of drug-likeness (QED) is 0.576. The van der Waals surface area contributed by atoms with E-state index in [1.165, 1.54) is 0 Å². The molecule has 0 bridgehead atoms. The Labute approximate surface area is 163 Å². The standard InChI is InChI=1S/C14H12BF4O.K/c16-12-6-7-14(13(10-12)15(17,18)19)20-9-8-11-4-2-1-3-5-11;/h1-7,10H,8-9H2;/q-1;+1. The average molecular weight is 322 g/mol. The molecule has 1 nitrogen and oxygen atoms in total. The first-order valence-corrected chi connectivity index (χ1v) is 6.13. The molecule has 2 aromatic rings. The normalized spacial score (nSPS) is 10.9. The smallest absolute Gasteiger partial charge is 0.496 e. The number of ether oxygens (including phenoxy) is 1. The van der Waals surface area contributed by atoms with Crippen molar-refractivity contribution in [2.75, 3.05) is 6.61 Å². The molecule has 2 rings (SSSR count). The van der Waals surface area contributed by atoms with E-state index >= 15 is 0 Å². The van der Waals surface area contributed by atoms with Gasteiger partial charge in [-0.2, -0.15) is 0 Å². The summed E-state index contributed by atoms with van der Waals surface area (Å²) in [6.45, 7) is -5.19. The number of hydrogen-bond donors (Lipinski definition) is 0. The summed E-state index contributed by atoms with van der Waals surface area (Å²) < 4.78 is 56.5. The summed E-state index contributed by atoms with van der Waals surface area (Å²) in [7, 11) is 0. The van der Waals surface area contributed by atoms with Crippen molar-refractivity contribution < 1.29 is 73.5 Å². The zero-order chi connectivity index (χ0) is 14.6. The summed E-state index contributed by atoms with van der Waals surface area (Å²) >= 11 is 0. The van der Waals surface area contributed by atoms with Gasteiger partial charge >= 0.3 is 58.4 Å². The van der Waals surface area contributed by atoms with Crippen molar-refractivity contribution >= 4 is 12.4 Å². The summed E-state index contributed by atoms with van der Waals surface area (Å²) in [5.41, 5.74) is -0.0632. The molecule has 0 aromatic heterocycles. The molecule has 0 saturated carbocycles. The SMILES string of the molecule is Fc1ccc(OCCc2ccccc2)c([B-](F)(F)F)c1.[K+]. The molecule has 0 unspecified atom stereocenters. The Kier molecular flexibility index (Phi) is 7.43. The van der Waals surface area contributed by atoms with Gasteiger partial charge in [0.1, 0.15) is 5.82 Å². The molecule has 7 heteroatoms. The third kappa shape index (κ3) is 5.75. The van der Waals surface area contributed by atoms with Gasteiger partial charge in [-0.15, -0.1) is 0 Å². The number of hydrogen-bond acceptors (Lipinski definition) is 1.